The van der Waals surface area contributed by atoms with E-state index in [1.165, 1.54) is 0 Å². The average Bonchev–Trinajstić information content (AvgIpc) is 2.21. The normalized spacial score (nSPS) is 12.2. The Morgan fingerprint density at radius 2 is 2.40 bits per heavy atom. The summed E-state index contributed by atoms with van der Waals surface area (Å²) in [7, 11) is 0. The van der Waals surface area contributed by atoms with Crippen LogP contribution in [0.25, 0.3) is 0 Å². The molecule has 1 atom stereocenters. The standard InChI is InChI=1S/C11H17ClN2O/c1-3-15-10-5-4-8-13-11(10)14-9(2)6-7-12/h4-5,8-9H,3,6-7H2,1-2H3,(H,13,14). The number of aromatic nitrogens is 1. The third-order valence-corrected chi connectivity index (χ3v) is 2.21. The Balaban J connectivity index is 2.66. The van der Waals surface area contributed by atoms with Crippen molar-refractivity contribution in [3.63, 3.8) is 0 Å². The molecule has 1 aromatic rings. The van der Waals surface area contributed by atoms with Crippen LogP contribution in [0.3, 0.4) is 0 Å². The number of ether oxygens (including phenoxy) is 1. The van der Waals surface area contributed by atoms with Gasteiger partial charge in [-0.25, -0.2) is 4.98 Å². The number of nitrogens with one attached hydrogen (secondary N) is 1. The van der Waals surface area contributed by atoms with Gasteiger partial charge in [-0.05, 0) is 32.4 Å². The van der Waals surface area contributed by atoms with Crippen molar-refractivity contribution in [2.75, 3.05) is 17.8 Å². The van der Waals surface area contributed by atoms with Crippen molar-refractivity contribution in [2.45, 2.75) is 26.3 Å². The van der Waals surface area contributed by atoms with Crippen LogP contribution < -0.4 is 10.1 Å². The van der Waals surface area contributed by atoms with Crippen LogP contribution >= 0.6 is 11.6 Å². The molecule has 1 unspecified atom stereocenters. The van der Waals surface area contributed by atoms with Gasteiger partial charge in [0, 0.05) is 18.1 Å². The van der Waals surface area contributed by atoms with E-state index in [1.807, 2.05) is 19.1 Å². The molecule has 0 spiro atoms. The summed E-state index contributed by atoms with van der Waals surface area (Å²) in [5.74, 6) is 2.23. The van der Waals surface area contributed by atoms with Crippen LogP contribution in [-0.2, 0) is 0 Å². The van der Waals surface area contributed by atoms with E-state index in [9.17, 15) is 0 Å². The van der Waals surface area contributed by atoms with Gasteiger partial charge in [-0.2, -0.15) is 0 Å². The van der Waals surface area contributed by atoms with E-state index in [4.69, 9.17) is 16.3 Å². The van der Waals surface area contributed by atoms with Gasteiger partial charge in [0.1, 0.15) is 0 Å². The third-order valence-electron chi connectivity index (χ3n) is 2.00. The fraction of sp³-hybridized carbons (Fsp3) is 0.545. The number of hydrogen-bond donors (Lipinski definition) is 1. The highest BCUT2D eigenvalue weighted by atomic mass is 35.5. The molecule has 15 heavy (non-hydrogen) atoms. The topological polar surface area (TPSA) is 34.1 Å². The van der Waals surface area contributed by atoms with Crippen LogP contribution in [0.5, 0.6) is 5.75 Å². The van der Waals surface area contributed by atoms with Gasteiger partial charge in [-0.1, -0.05) is 0 Å². The minimum atomic E-state index is 0.302. The lowest BCUT2D eigenvalue weighted by Gasteiger charge is -2.15. The van der Waals surface area contributed by atoms with Crippen LogP contribution in [0.1, 0.15) is 20.3 Å². The van der Waals surface area contributed by atoms with E-state index in [2.05, 4.69) is 17.2 Å². The molecule has 1 heterocycles. The van der Waals surface area contributed by atoms with Crippen molar-refractivity contribution >= 4 is 17.4 Å². The van der Waals surface area contributed by atoms with Crippen molar-refractivity contribution in [1.29, 1.82) is 0 Å². The number of halogens is 1. The number of hydrogen-bond acceptors (Lipinski definition) is 3. The lowest BCUT2D eigenvalue weighted by molar-refractivity contribution is 0.340. The lowest BCUT2D eigenvalue weighted by Crippen LogP contribution is -2.17. The Morgan fingerprint density at radius 1 is 1.60 bits per heavy atom. The average molecular weight is 229 g/mol. The molecule has 0 radical (unpaired) electrons. The monoisotopic (exact) mass is 228 g/mol. The summed E-state index contributed by atoms with van der Waals surface area (Å²) in [4.78, 5) is 4.24. The Hall–Kier alpha value is -0.960. The van der Waals surface area contributed by atoms with E-state index < -0.39 is 0 Å². The second-order valence-corrected chi connectivity index (χ2v) is 3.68. The van der Waals surface area contributed by atoms with E-state index in [0.29, 0.717) is 18.5 Å². The van der Waals surface area contributed by atoms with Crippen molar-refractivity contribution in [2.24, 2.45) is 0 Å². The first-order valence-corrected chi connectivity index (χ1v) is 5.71. The molecule has 1 N–H and O–H groups in total. The molecule has 0 amide bonds. The molecular formula is C11H17ClN2O. The number of nitrogens with zero attached hydrogens (tertiary/aromatic N) is 1. The number of anilines is 1. The van der Waals surface area contributed by atoms with Crippen molar-refractivity contribution in [3.8, 4) is 5.75 Å². The van der Waals surface area contributed by atoms with Crippen molar-refractivity contribution in [3.05, 3.63) is 18.3 Å². The zero-order chi connectivity index (χ0) is 11.1. The number of rotatable bonds is 6. The summed E-state index contributed by atoms with van der Waals surface area (Å²) >= 11 is 5.67. The zero-order valence-electron chi connectivity index (χ0n) is 9.16. The first-order chi connectivity index (χ1) is 7.27. The third kappa shape index (κ3) is 3.96. The first-order valence-electron chi connectivity index (χ1n) is 5.18. The Labute approximate surface area is 95.8 Å². The maximum Gasteiger partial charge on any atom is 0.168 e. The molecule has 0 saturated heterocycles. The van der Waals surface area contributed by atoms with Gasteiger partial charge in [0.15, 0.2) is 11.6 Å². The molecule has 4 heteroatoms. The van der Waals surface area contributed by atoms with Gasteiger partial charge in [-0.15, -0.1) is 11.6 Å². The second-order valence-electron chi connectivity index (χ2n) is 3.31. The quantitative estimate of drug-likeness (QED) is 0.761. The lowest BCUT2D eigenvalue weighted by atomic mass is 10.2. The van der Waals surface area contributed by atoms with Crippen LogP contribution in [0.15, 0.2) is 18.3 Å². The summed E-state index contributed by atoms with van der Waals surface area (Å²) in [6, 6.07) is 4.07. The Bertz CT molecular complexity index is 294. The molecule has 3 nitrogen and oxygen atoms in total. The highest BCUT2D eigenvalue weighted by Gasteiger charge is 2.07. The van der Waals surface area contributed by atoms with Gasteiger partial charge in [-0.3, -0.25) is 0 Å². The summed E-state index contributed by atoms with van der Waals surface area (Å²) in [6.45, 7) is 4.68. The summed E-state index contributed by atoms with van der Waals surface area (Å²) in [5, 5.41) is 3.28. The molecular weight excluding hydrogens is 212 g/mol. The molecule has 0 saturated carbocycles. The smallest absolute Gasteiger partial charge is 0.168 e. The molecule has 0 fully saturated rings. The predicted molar refractivity (Wildman–Crippen MR) is 63.8 cm³/mol. The molecule has 1 rings (SSSR count). The minimum absolute atomic E-state index is 0.302. The molecule has 0 aromatic carbocycles. The maximum atomic E-state index is 5.67. The Kier molecular flexibility index (Phi) is 5.26. The largest absolute Gasteiger partial charge is 0.490 e. The highest BCUT2D eigenvalue weighted by Crippen LogP contribution is 2.21. The number of pyridine rings is 1. The van der Waals surface area contributed by atoms with Gasteiger partial charge in [0.25, 0.3) is 0 Å². The van der Waals surface area contributed by atoms with E-state index in [-0.39, 0.29) is 0 Å². The van der Waals surface area contributed by atoms with E-state index >= 15 is 0 Å². The van der Waals surface area contributed by atoms with Gasteiger partial charge in [0.05, 0.1) is 6.61 Å². The molecule has 1 aromatic heterocycles. The predicted octanol–water partition coefficient (Wildman–Crippen LogP) is 2.91. The second kappa shape index (κ2) is 6.51. The summed E-state index contributed by atoms with van der Waals surface area (Å²) in [6.07, 6.45) is 2.65. The molecule has 0 aliphatic rings. The fourth-order valence-corrected chi connectivity index (χ4v) is 1.57. The fourth-order valence-electron chi connectivity index (χ4n) is 1.24. The summed E-state index contributed by atoms with van der Waals surface area (Å²) < 4.78 is 5.46. The van der Waals surface area contributed by atoms with Gasteiger partial charge in [0.2, 0.25) is 0 Å². The molecule has 0 bridgehead atoms. The van der Waals surface area contributed by atoms with E-state index in [1.54, 1.807) is 6.20 Å². The molecule has 0 aliphatic carbocycles. The first kappa shape index (κ1) is 12.1. The van der Waals surface area contributed by atoms with Crippen molar-refractivity contribution in [1.82, 2.24) is 4.98 Å². The van der Waals surface area contributed by atoms with Gasteiger partial charge < -0.3 is 10.1 Å². The van der Waals surface area contributed by atoms with Gasteiger partial charge >= 0.3 is 0 Å². The van der Waals surface area contributed by atoms with Crippen LogP contribution in [0, 0.1) is 0 Å². The SMILES string of the molecule is CCOc1cccnc1NC(C)CCCl. The number of alkyl halides is 1. The van der Waals surface area contributed by atoms with Crippen LogP contribution in [0.2, 0.25) is 0 Å². The van der Waals surface area contributed by atoms with E-state index in [0.717, 1.165) is 18.0 Å². The zero-order valence-corrected chi connectivity index (χ0v) is 9.92. The minimum Gasteiger partial charge on any atom is -0.490 e. The van der Waals surface area contributed by atoms with Crippen LogP contribution in [0.4, 0.5) is 5.82 Å². The molecule has 0 aliphatic heterocycles. The maximum absolute atomic E-state index is 5.67. The van der Waals surface area contributed by atoms with Crippen molar-refractivity contribution < 1.29 is 4.74 Å². The highest BCUT2D eigenvalue weighted by molar-refractivity contribution is 6.17. The van der Waals surface area contributed by atoms with Crippen LogP contribution in [-0.4, -0.2) is 23.5 Å². The Morgan fingerprint density at radius 3 is 3.07 bits per heavy atom. The molecule has 84 valence electrons. The summed E-state index contributed by atoms with van der Waals surface area (Å²) in [5.41, 5.74) is 0.